The van der Waals surface area contributed by atoms with Crippen LogP contribution < -0.4 is 4.74 Å². The molecule has 0 heterocycles. The van der Waals surface area contributed by atoms with Gasteiger partial charge in [-0.2, -0.15) is 5.26 Å². The Hall–Kier alpha value is -3.31. The second-order valence-electron chi connectivity index (χ2n) is 6.38. The van der Waals surface area contributed by atoms with Gasteiger partial charge in [0, 0.05) is 0 Å². The highest BCUT2D eigenvalue weighted by molar-refractivity contribution is 5.89. The normalized spacial score (nSPS) is 11.0. The van der Waals surface area contributed by atoms with Crippen molar-refractivity contribution in [2.75, 3.05) is 0 Å². The second-order valence-corrected chi connectivity index (χ2v) is 6.38. The summed E-state index contributed by atoms with van der Waals surface area (Å²) in [5.41, 5.74) is 6.12. The van der Waals surface area contributed by atoms with Gasteiger partial charge < -0.3 is 4.74 Å². The number of rotatable bonds is 5. The Morgan fingerprint density at radius 3 is 2.31 bits per heavy atom. The van der Waals surface area contributed by atoms with E-state index in [1.54, 1.807) is 0 Å². The van der Waals surface area contributed by atoms with Crippen LogP contribution in [0.15, 0.2) is 72.8 Å². The van der Waals surface area contributed by atoms with Crippen LogP contribution in [0.3, 0.4) is 0 Å². The molecule has 0 aromatic heterocycles. The number of nitriles is 1. The highest BCUT2D eigenvalue weighted by Crippen LogP contribution is 2.21. The fourth-order valence-corrected chi connectivity index (χ4v) is 2.71. The maximum Gasteiger partial charge on any atom is 0.119 e. The van der Waals surface area contributed by atoms with Crippen LogP contribution in [0.1, 0.15) is 27.8 Å². The lowest BCUT2D eigenvalue weighted by Gasteiger charge is -2.07. The van der Waals surface area contributed by atoms with Crippen molar-refractivity contribution in [1.29, 1.82) is 5.26 Å². The maximum absolute atomic E-state index is 9.45. The minimum absolute atomic E-state index is 0.545. The van der Waals surface area contributed by atoms with Crippen molar-refractivity contribution in [2.24, 2.45) is 0 Å². The Kier molecular flexibility index (Phi) is 5.51. The van der Waals surface area contributed by atoms with Crippen LogP contribution in [-0.2, 0) is 6.61 Å². The highest BCUT2D eigenvalue weighted by Gasteiger charge is 2.02. The van der Waals surface area contributed by atoms with Crippen LogP contribution in [0.2, 0.25) is 0 Å². The smallest absolute Gasteiger partial charge is 0.119 e. The molecule has 0 N–H and O–H groups in total. The molecule has 0 bridgehead atoms. The molecule has 0 spiro atoms. The predicted molar refractivity (Wildman–Crippen MR) is 107 cm³/mol. The molecule has 2 heteroatoms. The quantitative estimate of drug-likeness (QED) is 0.425. The van der Waals surface area contributed by atoms with Crippen LogP contribution in [0.5, 0.6) is 5.75 Å². The van der Waals surface area contributed by atoms with Gasteiger partial charge in [0.1, 0.15) is 12.4 Å². The van der Waals surface area contributed by atoms with Gasteiger partial charge in [0.25, 0.3) is 0 Å². The molecule has 2 nitrogen and oxygen atoms in total. The molecule has 0 aliphatic rings. The van der Waals surface area contributed by atoms with Gasteiger partial charge >= 0.3 is 0 Å². The largest absolute Gasteiger partial charge is 0.489 e. The molecule has 0 fully saturated rings. The minimum atomic E-state index is 0.545. The van der Waals surface area contributed by atoms with Crippen molar-refractivity contribution in [3.63, 3.8) is 0 Å². The third-order valence-corrected chi connectivity index (χ3v) is 4.16. The van der Waals surface area contributed by atoms with Crippen LogP contribution in [0.25, 0.3) is 11.6 Å². The summed E-state index contributed by atoms with van der Waals surface area (Å²) >= 11 is 0. The van der Waals surface area contributed by atoms with Gasteiger partial charge in [-0.05, 0) is 48.7 Å². The Labute approximate surface area is 155 Å². The first-order valence-corrected chi connectivity index (χ1v) is 8.61. The molecule has 3 aromatic rings. The van der Waals surface area contributed by atoms with E-state index in [0.29, 0.717) is 12.2 Å². The molecule has 3 rings (SSSR count). The average molecular weight is 339 g/mol. The third-order valence-electron chi connectivity index (χ3n) is 4.16. The molecule has 0 aliphatic heterocycles. The first-order chi connectivity index (χ1) is 12.6. The lowest BCUT2D eigenvalue weighted by Crippen LogP contribution is -1.95. The molecule has 0 radical (unpaired) electrons. The minimum Gasteiger partial charge on any atom is -0.489 e. The van der Waals surface area contributed by atoms with E-state index in [-0.39, 0.29) is 0 Å². The molecule has 0 aliphatic carbocycles. The van der Waals surface area contributed by atoms with E-state index < -0.39 is 0 Å². The summed E-state index contributed by atoms with van der Waals surface area (Å²) in [5, 5.41) is 9.45. The molecule has 0 saturated carbocycles. The molecule has 0 atom stereocenters. The molecular formula is C24H21NO. The lowest BCUT2D eigenvalue weighted by atomic mass is 10.0. The van der Waals surface area contributed by atoms with Crippen LogP contribution >= 0.6 is 0 Å². The fraction of sp³-hybridized carbons (Fsp3) is 0.125. The Bertz CT molecular complexity index is 945. The predicted octanol–water partition coefficient (Wildman–Crippen LogP) is 5.95. The van der Waals surface area contributed by atoms with Crippen molar-refractivity contribution >= 4 is 11.6 Å². The zero-order chi connectivity index (χ0) is 18.4. The van der Waals surface area contributed by atoms with Crippen molar-refractivity contribution in [1.82, 2.24) is 0 Å². The molecule has 128 valence electrons. The topological polar surface area (TPSA) is 33.0 Å². The fourth-order valence-electron chi connectivity index (χ4n) is 2.71. The summed E-state index contributed by atoms with van der Waals surface area (Å²) in [6.07, 6.45) is 1.90. The van der Waals surface area contributed by atoms with Gasteiger partial charge in [-0.1, -0.05) is 71.8 Å². The number of hydrogen-bond acceptors (Lipinski definition) is 2. The third kappa shape index (κ3) is 4.62. The van der Waals surface area contributed by atoms with Gasteiger partial charge in [0.2, 0.25) is 0 Å². The van der Waals surface area contributed by atoms with Gasteiger partial charge in [-0.15, -0.1) is 0 Å². The van der Waals surface area contributed by atoms with Crippen molar-refractivity contribution < 1.29 is 4.74 Å². The molecule has 0 amide bonds. The Balaban J connectivity index is 1.70. The van der Waals surface area contributed by atoms with E-state index >= 15 is 0 Å². The van der Waals surface area contributed by atoms with Crippen LogP contribution in [0, 0.1) is 25.2 Å². The van der Waals surface area contributed by atoms with E-state index in [4.69, 9.17) is 4.74 Å². The van der Waals surface area contributed by atoms with Crippen molar-refractivity contribution in [3.05, 3.63) is 101 Å². The van der Waals surface area contributed by atoms with Crippen LogP contribution in [-0.4, -0.2) is 0 Å². The van der Waals surface area contributed by atoms with Crippen LogP contribution in [0.4, 0.5) is 0 Å². The summed E-state index contributed by atoms with van der Waals surface area (Å²) in [4.78, 5) is 0. The Morgan fingerprint density at radius 1 is 0.923 bits per heavy atom. The second kappa shape index (κ2) is 8.18. The molecular weight excluding hydrogens is 318 g/mol. The zero-order valence-electron chi connectivity index (χ0n) is 15.1. The molecule has 0 unspecified atom stereocenters. The monoisotopic (exact) mass is 339 g/mol. The summed E-state index contributed by atoms with van der Waals surface area (Å²) in [5.74, 6) is 0.817. The summed E-state index contributed by atoms with van der Waals surface area (Å²) in [6, 6.07) is 26.4. The van der Waals surface area contributed by atoms with E-state index in [1.807, 2.05) is 67.6 Å². The number of ether oxygens (including phenoxy) is 1. The summed E-state index contributed by atoms with van der Waals surface area (Å²) in [7, 11) is 0. The van der Waals surface area contributed by atoms with E-state index in [2.05, 4.69) is 31.2 Å². The standard InChI is InChI=1S/C24H21NO/c1-18-6-10-22(11-7-18)23(16-25)15-20-8-12-24(13-9-20)26-17-21-5-3-4-19(2)14-21/h3-15H,17H2,1-2H3/b23-15-. The lowest BCUT2D eigenvalue weighted by molar-refractivity contribution is 0.306. The van der Waals surface area contributed by atoms with Gasteiger partial charge in [-0.3, -0.25) is 0 Å². The van der Waals surface area contributed by atoms with Gasteiger partial charge in [-0.25, -0.2) is 0 Å². The number of nitrogens with zero attached hydrogens (tertiary/aromatic N) is 1. The maximum atomic E-state index is 9.45. The first kappa shape index (κ1) is 17.5. The molecule has 0 saturated heterocycles. The SMILES string of the molecule is Cc1ccc(/C(C#N)=C\c2ccc(OCc3cccc(C)c3)cc2)cc1. The van der Waals surface area contributed by atoms with Gasteiger partial charge in [0.15, 0.2) is 0 Å². The van der Waals surface area contributed by atoms with E-state index in [9.17, 15) is 5.26 Å². The van der Waals surface area contributed by atoms with E-state index in [0.717, 1.165) is 22.4 Å². The number of hydrogen-bond donors (Lipinski definition) is 0. The molecule has 3 aromatic carbocycles. The number of aryl methyl sites for hydroxylation is 2. The van der Waals surface area contributed by atoms with Crippen molar-refractivity contribution in [2.45, 2.75) is 20.5 Å². The average Bonchev–Trinajstić information content (AvgIpc) is 2.66. The highest BCUT2D eigenvalue weighted by atomic mass is 16.5. The number of allylic oxidation sites excluding steroid dienone is 1. The van der Waals surface area contributed by atoms with Gasteiger partial charge in [0.05, 0.1) is 11.6 Å². The number of benzene rings is 3. The first-order valence-electron chi connectivity index (χ1n) is 8.61. The zero-order valence-corrected chi connectivity index (χ0v) is 15.1. The molecule has 26 heavy (non-hydrogen) atoms. The van der Waals surface area contributed by atoms with Crippen molar-refractivity contribution in [3.8, 4) is 11.8 Å². The van der Waals surface area contributed by atoms with E-state index in [1.165, 1.54) is 11.1 Å². The summed E-state index contributed by atoms with van der Waals surface area (Å²) < 4.78 is 5.85. The summed E-state index contributed by atoms with van der Waals surface area (Å²) in [6.45, 7) is 4.66. The Morgan fingerprint density at radius 2 is 1.65 bits per heavy atom.